The van der Waals surface area contributed by atoms with Gasteiger partial charge in [0.25, 0.3) is 5.91 Å². The molecule has 1 amide bonds. The zero-order valence-electron chi connectivity index (χ0n) is 13.8. The van der Waals surface area contributed by atoms with Gasteiger partial charge >= 0.3 is 6.01 Å². The van der Waals surface area contributed by atoms with Gasteiger partial charge in [-0.3, -0.25) is 10.1 Å². The van der Waals surface area contributed by atoms with Crippen LogP contribution in [0.2, 0.25) is 0 Å². The minimum Gasteiger partial charge on any atom is -0.407 e. The standard InChI is InChI=1S/C18H14N4O2S2/c1-25-13-5-2-11(3-6-13)8-16-21-22-18(24-16)20-17(23)12-4-7-14-15(9-12)26-10-19-14/h2-7,9-10H,8H2,1H3,(H,20,22,23). The third kappa shape index (κ3) is 3.61. The topological polar surface area (TPSA) is 80.9 Å². The van der Waals surface area contributed by atoms with Crippen molar-refractivity contribution in [1.29, 1.82) is 0 Å². The second-order valence-electron chi connectivity index (χ2n) is 5.51. The summed E-state index contributed by atoms with van der Waals surface area (Å²) in [6, 6.07) is 13.6. The normalized spacial score (nSPS) is 11.0. The predicted molar refractivity (Wildman–Crippen MR) is 103 cm³/mol. The van der Waals surface area contributed by atoms with Gasteiger partial charge in [-0.1, -0.05) is 17.2 Å². The van der Waals surface area contributed by atoms with E-state index >= 15 is 0 Å². The number of fused-ring (bicyclic) bond motifs is 1. The third-order valence-electron chi connectivity index (χ3n) is 3.80. The van der Waals surface area contributed by atoms with Gasteiger partial charge in [0.15, 0.2) is 0 Å². The van der Waals surface area contributed by atoms with E-state index in [1.54, 1.807) is 29.4 Å². The van der Waals surface area contributed by atoms with Crippen molar-refractivity contribution < 1.29 is 9.21 Å². The molecule has 0 saturated carbocycles. The summed E-state index contributed by atoms with van der Waals surface area (Å²) >= 11 is 3.18. The van der Waals surface area contributed by atoms with E-state index < -0.39 is 0 Å². The van der Waals surface area contributed by atoms with Crippen LogP contribution in [0.1, 0.15) is 21.8 Å². The summed E-state index contributed by atoms with van der Waals surface area (Å²) in [5.41, 5.74) is 4.22. The van der Waals surface area contributed by atoms with Crippen molar-refractivity contribution in [2.75, 3.05) is 11.6 Å². The number of benzene rings is 2. The Morgan fingerprint density at radius 3 is 2.85 bits per heavy atom. The maximum absolute atomic E-state index is 12.4. The zero-order chi connectivity index (χ0) is 17.9. The van der Waals surface area contributed by atoms with Gasteiger partial charge in [0.1, 0.15) is 0 Å². The average molecular weight is 382 g/mol. The minimum absolute atomic E-state index is 0.0927. The third-order valence-corrected chi connectivity index (χ3v) is 5.33. The molecule has 2 aromatic carbocycles. The maximum Gasteiger partial charge on any atom is 0.322 e. The van der Waals surface area contributed by atoms with Gasteiger partial charge in [-0.15, -0.1) is 28.2 Å². The molecule has 0 bridgehead atoms. The van der Waals surface area contributed by atoms with Crippen LogP contribution in [0.4, 0.5) is 6.01 Å². The van der Waals surface area contributed by atoms with E-state index in [2.05, 4.69) is 32.6 Å². The Morgan fingerprint density at radius 1 is 1.19 bits per heavy atom. The largest absolute Gasteiger partial charge is 0.407 e. The van der Waals surface area contributed by atoms with Crippen LogP contribution in [-0.2, 0) is 6.42 Å². The fourth-order valence-corrected chi connectivity index (χ4v) is 3.58. The number of anilines is 1. The van der Waals surface area contributed by atoms with Gasteiger partial charge in [-0.2, -0.15) is 0 Å². The van der Waals surface area contributed by atoms with E-state index in [9.17, 15) is 4.79 Å². The number of carbonyl (C=O) groups excluding carboxylic acids is 1. The fourth-order valence-electron chi connectivity index (χ4n) is 2.46. The van der Waals surface area contributed by atoms with E-state index in [1.165, 1.54) is 16.2 Å². The molecule has 0 saturated heterocycles. The van der Waals surface area contributed by atoms with Gasteiger partial charge in [0, 0.05) is 10.5 Å². The Morgan fingerprint density at radius 2 is 2.04 bits per heavy atom. The van der Waals surface area contributed by atoms with Gasteiger partial charge in [-0.25, -0.2) is 4.98 Å². The molecule has 1 N–H and O–H groups in total. The number of hydrogen-bond acceptors (Lipinski definition) is 7. The van der Waals surface area contributed by atoms with Gasteiger partial charge in [0.05, 0.1) is 22.1 Å². The molecule has 0 atom stereocenters. The zero-order valence-corrected chi connectivity index (χ0v) is 15.4. The number of aromatic nitrogens is 3. The molecule has 26 heavy (non-hydrogen) atoms. The Kier molecular flexibility index (Phi) is 4.68. The molecule has 8 heteroatoms. The lowest BCUT2D eigenvalue weighted by molar-refractivity contribution is 0.102. The van der Waals surface area contributed by atoms with E-state index in [0.29, 0.717) is 17.9 Å². The Bertz CT molecular complexity index is 1060. The number of thiazole rings is 1. The van der Waals surface area contributed by atoms with Crippen LogP contribution in [0.5, 0.6) is 0 Å². The summed E-state index contributed by atoms with van der Waals surface area (Å²) in [4.78, 5) is 17.8. The van der Waals surface area contributed by atoms with E-state index in [4.69, 9.17) is 4.42 Å². The highest BCUT2D eigenvalue weighted by atomic mass is 32.2. The van der Waals surface area contributed by atoms with E-state index in [1.807, 2.05) is 24.5 Å². The average Bonchev–Trinajstić information content (AvgIpc) is 3.31. The van der Waals surface area contributed by atoms with Crippen LogP contribution in [0.3, 0.4) is 0 Å². The molecule has 0 unspecified atom stereocenters. The van der Waals surface area contributed by atoms with Crippen molar-refractivity contribution in [3.63, 3.8) is 0 Å². The van der Waals surface area contributed by atoms with Crippen molar-refractivity contribution >= 4 is 45.2 Å². The number of carbonyl (C=O) groups is 1. The molecule has 4 aromatic rings. The first-order valence-corrected chi connectivity index (χ1v) is 9.91. The molecule has 130 valence electrons. The predicted octanol–water partition coefficient (Wildman–Crippen LogP) is 4.24. The fraction of sp³-hybridized carbons (Fsp3) is 0.111. The van der Waals surface area contributed by atoms with Gasteiger partial charge in [0.2, 0.25) is 5.89 Å². The minimum atomic E-state index is -0.292. The second kappa shape index (κ2) is 7.27. The number of nitrogens with one attached hydrogen (secondary N) is 1. The molecule has 4 rings (SSSR count). The lowest BCUT2D eigenvalue weighted by Gasteiger charge is -2.01. The quantitative estimate of drug-likeness (QED) is 0.520. The van der Waals surface area contributed by atoms with Crippen LogP contribution < -0.4 is 5.32 Å². The van der Waals surface area contributed by atoms with Crippen LogP contribution in [0, 0.1) is 0 Å². The monoisotopic (exact) mass is 382 g/mol. The van der Waals surface area contributed by atoms with Crippen molar-refractivity contribution in [3.8, 4) is 0 Å². The van der Waals surface area contributed by atoms with Crippen molar-refractivity contribution in [2.24, 2.45) is 0 Å². The Hall–Kier alpha value is -2.71. The highest BCUT2D eigenvalue weighted by molar-refractivity contribution is 7.98. The molecule has 0 aliphatic heterocycles. The van der Waals surface area contributed by atoms with Crippen LogP contribution in [0.25, 0.3) is 10.2 Å². The molecular formula is C18H14N4O2S2. The maximum atomic E-state index is 12.4. The van der Waals surface area contributed by atoms with Crippen molar-refractivity contribution in [2.45, 2.75) is 11.3 Å². The summed E-state index contributed by atoms with van der Waals surface area (Å²) in [6.07, 6.45) is 2.55. The van der Waals surface area contributed by atoms with Crippen molar-refractivity contribution in [1.82, 2.24) is 15.2 Å². The SMILES string of the molecule is CSc1ccc(Cc2nnc(NC(=O)c3ccc4ncsc4c3)o2)cc1. The first kappa shape index (κ1) is 16.7. The summed E-state index contributed by atoms with van der Waals surface area (Å²) in [5.74, 6) is 0.162. The van der Waals surface area contributed by atoms with Crippen LogP contribution >= 0.6 is 23.1 Å². The Balaban J connectivity index is 1.44. The second-order valence-corrected chi connectivity index (χ2v) is 7.28. The molecular weight excluding hydrogens is 368 g/mol. The number of rotatable bonds is 5. The number of nitrogens with zero attached hydrogens (tertiary/aromatic N) is 3. The molecule has 6 nitrogen and oxygen atoms in total. The smallest absolute Gasteiger partial charge is 0.322 e. The highest BCUT2D eigenvalue weighted by Gasteiger charge is 2.13. The lowest BCUT2D eigenvalue weighted by atomic mass is 10.1. The molecule has 0 spiro atoms. The van der Waals surface area contributed by atoms with E-state index in [0.717, 1.165) is 15.8 Å². The summed E-state index contributed by atoms with van der Waals surface area (Å²) in [6.45, 7) is 0. The summed E-state index contributed by atoms with van der Waals surface area (Å²) in [7, 11) is 0. The molecule has 0 fully saturated rings. The van der Waals surface area contributed by atoms with E-state index in [-0.39, 0.29) is 11.9 Å². The lowest BCUT2D eigenvalue weighted by Crippen LogP contribution is -2.11. The number of thioether (sulfide) groups is 1. The molecule has 0 aliphatic carbocycles. The first-order chi connectivity index (χ1) is 12.7. The summed E-state index contributed by atoms with van der Waals surface area (Å²) < 4.78 is 6.50. The Labute approximate surface area is 157 Å². The molecule has 0 radical (unpaired) electrons. The van der Waals surface area contributed by atoms with Crippen LogP contribution in [0.15, 0.2) is 57.3 Å². The molecule has 0 aliphatic rings. The number of hydrogen-bond donors (Lipinski definition) is 1. The van der Waals surface area contributed by atoms with Crippen LogP contribution in [-0.4, -0.2) is 27.3 Å². The van der Waals surface area contributed by atoms with Gasteiger partial charge in [-0.05, 0) is 42.2 Å². The summed E-state index contributed by atoms with van der Waals surface area (Å²) in [5, 5.41) is 10.5. The number of amides is 1. The highest BCUT2D eigenvalue weighted by Crippen LogP contribution is 2.20. The van der Waals surface area contributed by atoms with Gasteiger partial charge < -0.3 is 4.42 Å². The molecule has 2 aromatic heterocycles. The first-order valence-electron chi connectivity index (χ1n) is 7.81. The molecule has 2 heterocycles. The van der Waals surface area contributed by atoms with Crippen molar-refractivity contribution in [3.05, 3.63) is 65.0 Å².